The summed E-state index contributed by atoms with van der Waals surface area (Å²) in [5.41, 5.74) is 3.55. The highest BCUT2D eigenvalue weighted by atomic mass is 32.2. The highest BCUT2D eigenvalue weighted by molar-refractivity contribution is 8.13. The Morgan fingerprint density at radius 1 is 1.40 bits per heavy atom. The molecule has 0 radical (unpaired) electrons. The number of pyridine rings is 1. The van der Waals surface area contributed by atoms with Gasteiger partial charge in [-0.1, -0.05) is 11.8 Å². The third-order valence-corrected chi connectivity index (χ3v) is 3.51. The summed E-state index contributed by atoms with van der Waals surface area (Å²) < 4.78 is 0. The van der Waals surface area contributed by atoms with Crippen molar-refractivity contribution in [3.63, 3.8) is 0 Å². The van der Waals surface area contributed by atoms with Crippen molar-refractivity contribution in [2.24, 2.45) is 0 Å². The molecule has 1 aliphatic rings. The molecule has 0 atom stereocenters. The van der Waals surface area contributed by atoms with Gasteiger partial charge in [-0.15, -0.1) is 0 Å². The summed E-state index contributed by atoms with van der Waals surface area (Å²) in [4.78, 5) is 16.8. The lowest BCUT2D eigenvalue weighted by atomic mass is 9.96. The van der Waals surface area contributed by atoms with Crippen LogP contribution in [0.5, 0.6) is 0 Å². The van der Waals surface area contributed by atoms with Gasteiger partial charge in [0.15, 0.2) is 5.12 Å². The van der Waals surface area contributed by atoms with E-state index in [-0.39, 0.29) is 5.12 Å². The second kappa shape index (κ2) is 4.35. The molecule has 0 bridgehead atoms. The first-order valence-electron chi connectivity index (χ1n) is 5.34. The molecule has 2 nitrogen and oxygen atoms in total. The Bertz CT molecular complexity index is 401. The molecule has 0 saturated heterocycles. The molecule has 1 heterocycles. The number of nitrogens with zero attached hydrogens (tertiary/aromatic N) is 1. The molecule has 0 spiro atoms. The summed E-state index contributed by atoms with van der Waals surface area (Å²) in [6, 6.07) is 2.04. The number of aromatic nitrogens is 1. The van der Waals surface area contributed by atoms with Gasteiger partial charge in [0.2, 0.25) is 0 Å². The molecule has 0 aromatic carbocycles. The van der Waals surface area contributed by atoms with Gasteiger partial charge >= 0.3 is 0 Å². The van der Waals surface area contributed by atoms with E-state index in [9.17, 15) is 4.79 Å². The Morgan fingerprint density at radius 3 is 2.87 bits per heavy atom. The second-order valence-corrected chi connectivity index (χ2v) is 5.21. The number of aryl methyl sites for hydroxylation is 2. The molecule has 0 saturated carbocycles. The first kappa shape index (κ1) is 10.7. The average molecular weight is 221 g/mol. The van der Waals surface area contributed by atoms with Crippen molar-refractivity contribution in [1.82, 2.24) is 4.98 Å². The number of thioether (sulfide) groups is 1. The molecule has 1 aliphatic carbocycles. The number of hydrogen-bond donors (Lipinski definition) is 0. The fourth-order valence-corrected chi connectivity index (χ4v) is 2.93. The van der Waals surface area contributed by atoms with Crippen LogP contribution in [0.15, 0.2) is 11.0 Å². The number of rotatable bonds is 1. The van der Waals surface area contributed by atoms with Gasteiger partial charge in [-0.25, -0.2) is 0 Å². The molecule has 0 amide bonds. The van der Waals surface area contributed by atoms with Crippen LogP contribution >= 0.6 is 11.8 Å². The van der Waals surface area contributed by atoms with Crippen molar-refractivity contribution in [2.75, 3.05) is 0 Å². The van der Waals surface area contributed by atoms with E-state index in [1.54, 1.807) is 6.92 Å². The number of carbonyl (C=O) groups is 1. The first-order chi connectivity index (χ1) is 7.16. The number of hydrogen-bond acceptors (Lipinski definition) is 3. The van der Waals surface area contributed by atoms with E-state index in [0.29, 0.717) is 0 Å². The van der Waals surface area contributed by atoms with Crippen LogP contribution < -0.4 is 0 Å². The number of fused-ring (bicyclic) bond motifs is 1. The normalized spacial score (nSPS) is 14.8. The molecular weight excluding hydrogens is 206 g/mol. The summed E-state index contributed by atoms with van der Waals surface area (Å²) in [6.45, 7) is 3.62. The van der Waals surface area contributed by atoms with E-state index < -0.39 is 0 Å². The summed E-state index contributed by atoms with van der Waals surface area (Å²) in [6.07, 6.45) is 4.61. The predicted octanol–water partition coefficient (Wildman–Crippen LogP) is 2.91. The summed E-state index contributed by atoms with van der Waals surface area (Å²) >= 11 is 1.35. The molecule has 2 rings (SSSR count). The summed E-state index contributed by atoms with van der Waals surface area (Å²) in [5, 5.41) is 0.161. The quantitative estimate of drug-likeness (QED) is 0.683. The fraction of sp³-hybridized carbons (Fsp3) is 0.500. The van der Waals surface area contributed by atoms with Gasteiger partial charge in [0.05, 0.1) is 0 Å². The van der Waals surface area contributed by atoms with Crippen LogP contribution in [0.4, 0.5) is 0 Å². The standard InChI is InChI=1S/C12H15NOS/c1-8-7-12(15-9(2)14)10-5-3-4-6-11(10)13-8/h7H,3-6H2,1-2H3. The van der Waals surface area contributed by atoms with Crippen LogP contribution in [-0.2, 0) is 17.6 Å². The SMILES string of the molecule is CC(=O)Sc1cc(C)nc2c1CCCC2. The molecule has 15 heavy (non-hydrogen) atoms. The lowest BCUT2D eigenvalue weighted by molar-refractivity contribution is -0.109. The summed E-state index contributed by atoms with van der Waals surface area (Å²) in [7, 11) is 0. The van der Waals surface area contributed by atoms with Crippen LogP contribution in [0.1, 0.15) is 36.7 Å². The van der Waals surface area contributed by atoms with Crippen molar-refractivity contribution in [3.05, 3.63) is 23.0 Å². The zero-order valence-corrected chi connectivity index (χ0v) is 9.99. The Kier molecular flexibility index (Phi) is 3.10. The highest BCUT2D eigenvalue weighted by Crippen LogP contribution is 2.30. The average Bonchev–Trinajstić information content (AvgIpc) is 2.16. The Labute approximate surface area is 94.5 Å². The van der Waals surface area contributed by atoms with Crippen molar-refractivity contribution < 1.29 is 4.79 Å². The molecule has 80 valence electrons. The van der Waals surface area contributed by atoms with Gasteiger partial charge in [0.1, 0.15) is 0 Å². The zero-order chi connectivity index (χ0) is 10.8. The lowest BCUT2D eigenvalue weighted by Gasteiger charge is -2.18. The highest BCUT2D eigenvalue weighted by Gasteiger charge is 2.16. The van der Waals surface area contributed by atoms with Crippen LogP contribution in [-0.4, -0.2) is 10.1 Å². The van der Waals surface area contributed by atoms with Crippen LogP contribution in [0.3, 0.4) is 0 Å². The lowest BCUT2D eigenvalue weighted by Crippen LogP contribution is -2.08. The molecule has 0 aliphatic heterocycles. The van der Waals surface area contributed by atoms with Crippen LogP contribution in [0.25, 0.3) is 0 Å². The van der Waals surface area contributed by atoms with Crippen LogP contribution in [0, 0.1) is 6.92 Å². The molecule has 1 aromatic rings. The predicted molar refractivity (Wildman–Crippen MR) is 62.2 cm³/mol. The zero-order valence-electron chi connectivity index (χ0n) is 9.17. The van der Waals surface area contributed by atoms with Gasteiger partial charge in [-0.3, -0.25) is 9.78 Å². The topological polar surface area (TPSA) is 30.0 Å². The van der Waals surface area contributed by atoms with E-state index in [4.69, 9.17) is 0 Å². The van der Waals surface area contributed by atoms with E-state index in [1.807, 2.05) is 13.0 Å². The minimum atomic E-state index is 0.161. The monoisotopic (exact) mass is 221 g/mol. The number of carbonyl (C=O) groups excluding carboxylic acids is 1. The third kappa shape index (κ3) is 2.40. The van der Waals surface area contributed by atoms with Crippen molar-refractivity contribution in [2.45, 2.75) is 44.4 Å². The molecule has 1 aromatic heterocycles. The van der Waals surface area contributed by atoms with Gasteiger partial charge < -0.3 is 0 Å². The van der Waals surface area contributed by atoms with Crippen molar-refractivity contribution in [3.8, 4) is 0 Å². The van der Waals surface area contributed by atoms with E-state index in [1.165, 1.54) is 35.9 Å². The maximum Gasteiger partial charge on any atom is 0.190 e. The first-order valence-corrected chi connectivity index (χ1v) is 6.16. The van der Waals surface area contributed by atoms with Crippen molar-refractivity contribution in [1.29, 1.82) is 0 Å². The van der Waals surface area contributed by atoms with Gasteiger partial charge in [-0.2, -0.15) is 0 Å². The second-order valence-electron chi connectivity index (χ2n) is 3.99. The Morgan fingerprint density at radius 2 is 2.13 bits per heavy atom. The van der Waals surface area contributed by atoms with Crippen LogP contribution in [0.2, 0.25) is 0 Å². The van der Waals surface area contributed by atoms with E-state index >= 15 is 0 Å². The molecule has 0 unspecified atom stereocenters. The smallest absolute Gasteiger partial charge is 0.190 e. The minimum absolute atomic E-state index is 0.161. The third-order valence-electron chi connectivity index (χ3n) is 2.64. The summed E-state index contributed by atoms with van der Waals surface area (Å²) in [5.74, 6) is 0. The van der Waals surface area contributed by atoms with E-state index in [0.717, 1.165) is 23.4 Å². The van der Waals surface area contributed by atoms with Gasteiger partial charge in [0.25, 0.3) is 0 Å². The maximum absolute atomic E-state index is 11.2. The van der Waals surface area contributed by atoms with Gasteiger partial charge in [0, 0.05) is 23.2 Å². The van der Waals surface area contributed by atoms with Gasteiger partial charge in [-0.05, 0) is 44.2 Å². The Balaban J connectivity index is 2.43. The largest absolute Gasteiger partial charge is 0.287 e. The van der Waals surface area contributed by atoms with E-state index in [2.05, 4.69) is 4.98 Å². The fourth-order valence-electron chi connectivity index (χ4n) is 2.05. The Hall–Kier alpha value is -0.830. The molecule has 3 heteroatoms. The molecule has 0 fully saturated rings. The molecular formula is C12H15NOS. The van der Waals surface area contributed by atoms with Crippen molar-refractivity contribution >= 4 is 16.9 Å². The maximum atomic E-state index is 11.2. The minimum Gasteiger partial charge on any atom is -0.287 e. The molecule has 0 N–H and O–H groups in total.